The molecule has 2 nitrogen and oxygen atoms in total. The topological polar surface area (TPSA) is 40.5 Å². The summed E-state index contributed by atoms with van der Waals surface area (Å²) in [5.74, 6) is 0.793. The van der Waals surface area contributed by atoms with Gasteiger partial charge in [-0.1, -0.05) is 76.9 Å². The van der Waals surface area contributed by atoms with E-state index in [0.717, 1.165) is 11.1 Å². The molecule has 36 heavy (non-hydrogen) atoms. The number of phenolic OH excluding ortho intramolecular Hbond substituents is 2. The van der Waals surface area contributed by atoms with E-state index in [1.807, 2.05) is 49.4 Å². The van der Waals surface area contributed by atoms with Crippen molar-refractivity contribution in [2.75, 3.05) is 0 Å². The van der Waals surface area contributed by atoms with Gasteiger partial charge in [-0.05, 0) is 47.9 Å². The summed E-state index contributed by atoms with van der Waals surface area (Å²) in [5.41, 5.74) is 7.35. The fourth-order valence-electron chi connectivity index (χ4n) is 3.53. The molecule has 3 aromatic rings. The Kier molecular flexibility index (Phi) is 15.8. The number of aryl methyl sites for hydroxylation is 4. The van der Waals surface area contributed by atoms with Gasteiger partial charge in [0.1, 0.15) is 11.5 Å². The first-order valence-electron chi connectivity index (χ1n) is 11.7. The molecule has 0 saturated carbocycles. The number of hydrogen-bond acceptors (Lipinski definition) is 3. The number of aromatic hydroxyl groups is 2. The molecule has 0 radical (unpaired) electrons. The number of thiophene rings is 1. The van der Waals surface area contributed by atoms with Crippen molar-refractivity contribution in [1.82, 2.24) is 0 Å². The van der Waals surface area contributed by atoms with Crippen LogP contribution in [0.25, 0.3) is 0 Å². The maximum atomic E-state index is 9.57. The van der Waals surface area contributed by atoms with Crippen LogP contribution in [0.4, 0.5) is 0 Å². The quantitative estimate of drug-likeness (QED) is 0.431. The Morgan fingerprint density at radius 3 is 1.22 bits per heavy atom. The third kappa shape index (κ3) is 11.1. The summed E-state index contributed by atoms with van der Waals surface area (Å²) in [7, 11) is 0. The van der Waals surface area contributed by atoms with Crippen LogP contribution in [0.2, 0.25) is 0 Å². The molecule has 0 fully saturated rings. The van der Waals surface area contributed by atoms with Crippen LogP contribution in [0, 0.1) is 34.6 Å². The summed E-state index contributed by atoms with van der Waals surface area (Å²) in [6, 6.07) is 11.4. The second-order valence-electron chi connectivity index (χ2n) is 10.9. The molecule has 0 bridgehead atoms. The van der Waals surface area contributed by atoms with Crippen LogP contribution < -0.4 is 24.8 Å². The second-order valence-corrected chi connectivity index (χ2v) is 12.8. The largest absolute Gasteiger partial charge is 1.00 e. The van der Waals surface area contributed by atoms with Crippen LogP contribution in [0.3, 0.4) is 0 Å². The normalized spacial score (nSPS) is 10.5. The van der Waals surface area contributed by atoms with Gasteiger partial charge in [0.05, 0.1) is 0 Å². The van der Waals surface area contributed by atoms with Gasteiger partial charge in [0.2, 0.25) is 0 Å². The van der Waals surface area contributed by atoms with Gasteiger partial charge in [0.15, 0.2) is 0 Å². The van der Waals surface area contributed by atoms with E-state index >= 15 is 0 Å². The molecule has 2 aromatic carbocycles. The van der Waals surface area contributed by atoms with E-state index in [9.17, 15) is 10.2 Å². The van der Waals surface area contributed by atoms with Crippen LogP contribution in [0.5, 0.6) is 11.5 Å². The molecule has 200 valence electrons. The minimum absolute atomic E-state index is 0. The third-order valence-electron chi connectivity index (χ3n) is 5.68. The molecule has 0 spiro atoms. The van der Waals surface area contributed by atoms with Gasteiger partial charge in [-0.25, -0.2) is 0 Å². The molecule has 3 rings (SSSR count). The van der Waals surface area contributed by atoms with Crippen molar-refractivity contribution < 1.29 is 55.0 Å². The summed E-state index contributed by atoms with van der Waals surface area (Å²) >= 11 is 3.99. The summed E-state index contributed by atoms with van der Waals surface area (Å²) in [4.78, 5) is 2.89. The van der Waals surface area contributed by atoms with Gasteiger partial charge >= 0.3 is 77.3 Å². The van der Waals surface area contributed by atoms with Crippen LogP contribution in [-0.2, 0) is 30.8 Å². The van der Waals surface area contributed by atoms with Crippen molar-refractivity contribution in [2.45, 2.75) is 87.0 Å². The molecule has 6 heteroatoms. The van der Waals surface area contributed by atoms with Crippen molar-refractivity contribution in [3.05, 3.63) is 79.5 Å². The van der Waals surface area contributed by atoms with E-state index in [4.69, 9.17) is 0 Å². The molecule has 0 aliphatic carbocycles. The Balaban J connectivity index is 0. The first-order valence-corrected chi connectivity index (χ1v) is 13.4. The van der Waals surface area contributed by atoms with Gasteiger partial charge < -0.3 is 35.0 Å². The number of halogens is 2. The van der Waals surface area contributed by atoms with E-state index in [1.165, 1.54) is 32.0 Å². The molecule has 0 amide bonds. The summed E-state index contributed by atoms with van der Waals surface area (Å²) < 4.78 is 2.19. The van der Waals surface area contributed by atoms with Crippen molar-refractivity contribution in [1.29, 1.82) is 0 Å². The maximum Gasteiger partial charge on any atom is -1.00 e. The standard InChI is InChI=1S/2C11H16O.C8H10S.2ClH.Ti/c2*1-8-5-6-10(12)9(7-8)11(2,3)4;1-5-6(2)8(4)9-7(5)3;;;/h2*5-7,12H,1-4H3;1H,2-4H3;2*1H;/p-2. The zero-order valence-corrected chi connectivity index (χ0v) is 27.5. The summed E-state index contributed by atoms with van der Waals surface area (Å²) in [5, 5.41) is 19.1. The predicted molar refractivity (Wildman–Crippen MR) is 147 cm³/mol. The minimum Gasteiger partial charge on any atom is -1.00 e. The Bertz CT molecular complexity index is 1060. The molecule has 1 heterocycles. The fraction of sp³-hybridized carbons (Fsp3) is 0.433. The van der Waals surface area contributed by atoms with Crippen molar-refractivity contribution in [3.8, 4) is 11.5 Å². The van der Waals surface area contributed by atoms with E-state index in [2.05, 4.69) is 86.6 Å². The Labute approximate surface area is 247 Å². The SMILES string of the molecule is Cc1ccc(O)c(C(C)(C)C)c1.Cc1ccc(O)c(C(C)(C)C)c1.Cc1sc(C)c([CH]=[Ti])c1C.[Cl-].[Cl-]. The van der Waals surface area contributed by atoms with Crippen LogP contribution in [-0.4, -0.2) is 14.5 Å². The van der Waals surface area contributed by atoms with Crippen molar-refractivity contribution in [3.63, 3.8) is 0 Å². The molecule has 0 saturated heterocycles. The molecular formula is C30H42Cl2O2STi-2. The van der Waals surface area contributed by atoms with E-state index in [-0.39, 0.29) is 35.6 Å². The van der Waals surface area contributed by atoms with Gasteiger partial charge in [-0.2, -0.15) is 0 Å². The second kappa shape index (κ2) is 15.3. The fourth-order valence-corrected chi connectivity index (χ4v) is 5.41. The zero-order chi connectivity index (χ0) is 26.4. The Morgan fingerprint density at radius 1 is 0.667 bits per heavy atom. The monoisotopic (exact) mass is 584 g/mol. The Morgan fingerprint density at radius 2 is 1.03 bits per heavy atom. The van der Waals surface area contributed by atoms with E-state index in [0.29, 0.717) is 11.5 Å². The van der Waals surface area contributed by atoms with Crippen LogP contribution >= 0.6 is 11.3 Å². The van der Waals surface area contributed by atoms with E-state index < -0.39 is 0 Å². The molecule has 0 aliphatic heterocycles. The average molecular weight is 586 g/mol. The first-order chi connectivity index (χ1) is 15.5. The molecule has 1 aromatic heterocycles. The maximum absolute atomic E-state index is 9.57. The number of hydrogen-bond donors (Lipinski definition) is 2. The predicted octanol–water partition coefficient (Wildman–Crippen LogP) is 2.37. The summed E-state index contributed by atoms with van der Waals surface area (Å²) in [6.07, 6.45) is 0. The Hall–Kier alpha value is -1.10. The molecule has 0 aliphatic rings. The zero-order valence-electron chi connectivity index (χ0n) is 23.6. The van der Waals surface area contributed by atoms with Gasteiger partial charge in [0.25, 0.3) is 0 Å². The molecule has 0 atom stereocenters. The van der Waals surface area contributed by atoms with Gasteiger partial charge in [-0.3, -0.25) is 0 Å². The van der Waals surface area contributed by atoms with Crippen LogP contribution in [0.15, 0.2) is 36.4 Å². The first kappa shape index (κ1) is 37.1. The smallest absolute Gasteiger partial charge is 1.00 e. The molecule has 0 unspecified atom stereocenters. The van der Waals surface area contributed by atoms with Gasteiger partial charge in [-0.15, -0.1) is 0 Å². The number of benzene rings is 2. The number of phenols is 2. The number of rotatable bonds is 1. The van der Waals surface area contributed by atoms with Gasteiger partial charge in [0, 0.05) is 0 Å². The molecular weight excluding hydrogens is 543 g/mol. The van der Waals surface area contributed by atoms with Crippen molar-refractivity contribution >= 4 is 15.7 Å². The van der Waals surface area contributed by atoms with E-state index in [1.54, 1.807) is 12.1 Å². The van der Waals surface area contributed by atoms with Crippen molar-refractivity contribution in [2.24, 2.45) is 0 Å². The molecule has 2 N–H and O–H groups in total. The van der Waals surface area contributed by atoms with Crippen LogP contribution in [0.1, 0.15) is 84.7 Å². The average Bonchev–Trinajstić information content (AvgIpc) is 2.96. The third-order valence-corrected chi connectivity index (χ3v) is 7.27. The minimum atomic E-state index is 0. The summed E-state index contributed by atoms with van der Waals surface area (Å²) in [6.45, 7) is 23.2.